The van der Waals surface area contributed by atoms with Crippen LogP contribution in [0.15, 0.2) is 72.8 Å². The van der Waals surface area contributed by atoms with Gasteiger partial charge in [0.15, 0.2) is 0 Å². The summed E-state index contributed by atoms with van der Waals surface area (Å²) in [4.78, 5) is 2.74. The predicted molar refractivity (Wildman–Crippen MR) is 192 cm³/mol. The van der Waals surface area contributed by atoms with Gasteiger partial charge in [0.25, 0.3) is 0 Å². The molecule has 0 aliphatic carbocycles. The van der Waals surface area contributed by atoms with Crippen molar-refractivity contribution in [2.24, 2.45) is 0 Å². The summed E-state index contributed by atoms with van der Waals surface area (Å²) >= 11 is 0. The zero-order valence-electron chi connectivity index (χ0n) is 26.2. The van der Waals surface area contributed by atoms with Crippen molar-refractivity contribution >= 4 is 56.7 Å². The molecule has 0 saturated heterocycles. The van der Waals surface area contributed by atoms with Gasteiger partial charge in [-0.1, -0.05) is 158 Å². The highest BCUT2D eigenvalue weighted by Gasteiger charge is 2.27. The molecule has 0 aromatic heterocycles. The van der Waals surface area contributed by atoms with Crippen LogP contribution in [0, 0.1) is 0 Å². The van der Waals surface area contributed by atoms with Gasteiger partial charge in [-0.2, -0.15) is 0 Å². The van der Waals surface area contributed by atoms with E-state index < -0.39 is 0 Å². The van der Waals surface area contributed by atoms with Gasteiger partial charge in [-0.15, -0.1) is 0 Å². The third-order valence-corrected chi connectivity index (χ3v) is 16.5. The van der Waals surface area contributed by atoms with Gasteiger partial charge in [-0.05, 0) is 71.1 Å². The van der Waals surface area contributed by atoms with E-state index in [1.807, 2.05) is 0 Å². The maximum absolute atomic E-state index is 2.74. The highest BCUT2D eigenvalue weighted by atomic mass is 31.1. The lowest BCUT2D eigenvalue weighted by atomic mass is 10.2. The van der Waals surface area contributed by atoms with Crippen LogP contribution in [0.5, 0.6) is 0 Å². The summed E-state index contributed by atoms with van der Waals surface area (Å²) in [7, 11) is -0.593. The molecule has 0 radical (unpaired) electrons. The summed E-state index contributed by atoms with van der Waals surface area (Å²) in [5.74, 6) is 0. The van der Waals surface area contributed by atoms with Gasteiger partial charge in [-0.3, -0.25) is 0 Å². The molecule has 218 valence electrons. The minimum absolute atomic E-state index is 0.198. The topological polar surface area (TPSA) is 3.24 Å². The summed E-state index contributed by atoms with van der Waals surface area (Å²) in [6.07, 6.45) is 15.4. The van der Waals surface area contributed by atoms with Crippen LogP contribution in [-0.4, -0.2) is 37.0 Å². The summed E-state index contributed by atoms with van der Waals surface area (Å²) in [6.45, 7) is 14.2. The molecular formula is C36H54NP3. The number of hydrogen-bond acceptors (Lipinski definition) is 1. The molecule has 0 heterocycles. The molecule has 3 rings (SSSR count). The van der Waals surface area contributed by atoms with Gasteiger partial charge in [0.05, 0.1) is 17.1 Å². The first-order valence-electron chi connectivity index (χ1n) is 16.0. The SMILES string of the molecule is CCCP(CCC)c1ccccc1N(c1ccccc1P(CCC)CCC)c1ccccc1P(CCC)CCC. The maximum Gasteiger partial charge on any atom is 0.0538 e. The van der Waals surface area contributed by atoms with E-state index in [9.17, 15) is 0 Å². The van der Waals surface area contributed by atoms with Gasteiger partial charge in [0.1, 0.15) is 0 Å². The molecule has 0 bridgehead atoms. The molecule has 0 aliphatic heterocycles. The van der Waals surface area contributed by atoms with E-state index in [1.54, 1.807) is 15.9 Å². The maximum atomic E-state index is 2.74. The quantitative estimate of drug-likeness (QED) is 0.133. The molecule has 4 heteroatoms. The zero-order valence-corrected chi connectivity index (χ0v) is 28.9. The first-order valence-corrected chi connectivity index (χ1v) is 21.1. The highest BCUT2D eigenvalue weighted by Crippen LogP contribution is 2.48. The average Bonchev–Trinajstić information content (AvgIpc) is 2.98. The Labute approximate surface area is 250 Å². The Morgan fingerprint density at radius 1 is 0.375 bits per heavy atom. The normalized spacial score (nSPS) is 11.6. The second-order valence-corrected chi connectivity index (χ2v) is 18.1. The Morgan fingerprint density at radius 2 is 0.600 bits per heavy atom. The predicted octanol–water partition coefficient (Wildman–Crippen LogP) is 10.9. The molecule has 0 atom stereocenters. The number of benzene rings is 3. The molecule has 0 N–H and O–H groups in total. The van der Waals surface area contributed by atoms with E-state index in [0.29, 0.717) is 0 Å². The molecule has 40 heavy (non-hydrogen) atoms. The molecule has 3 aromatic rings. The van der Waals surface area contributed by atoms with E-state index >= 15 is 0 Å². The van der Waals surface area contributed by atoms with Crippen LogP contribution in [-0.2, 0) is 0 Å². The van der Waals surface area contributed by atoms with Crippen LogP contribution in [0.4, 0.5) is 17.1 Å². The molecule has 0 amide bonds. The zero-order chi connectivity index (χ0) is 28.7. The number of nitrogens with zero attached hydrogens (tertiary/aromatic N) is 1. The van der Waals surface area contributed by atoms with Crippen molar-refractivity contribution in [1.82, 2.24) is 0 Å². The summed E-state index contributed by atoms with van der Waals surface area (Å²) in [5, 5.41) is 4.78. The highest BCUT2D eigenvalue weighted by molar-refractivity contribution is 7.66. The minimum Gasteiger partial charge on any atom is -0.309 e. The van der Waals surface area contributed by atoms with Crippen LogP contribution in [0.1, 0.15) is 80.1 Å². The Bertz CT molecular complexity index is 971. The number of rotatable bonds is 18. The monoisotopic (exact) mass is 593 g/mol. The summed E-state index contributed by atoms with van der Waals surface area (Å²) in [5.41, 5.74) is 4.30. The van der Waals surface area contributed by atoms with Crippen molar-refractivity contribution in [2.75, 3.05) is 41.9 Å². The lowest BCUT2D eigenvalue weighted by molar-refractivity contribution is 1.06. The fraction of sp³-hybridized carbons (Fsp3) is 0.500. The van der Waals surface area contributed by atoms with Crippen LogP contribution >= 0.6 is 23.8 Å². The molecule has 0 saturated carbocycles. The van der Waals surface area contributed by atoms with Crippen molar-refractivity contribution in [1.29, 1.82) is 0 Å². The van der Waals surface area contributed by atoms with Crippen molar-refractivity contribution < 1.29 is 0 Å². The standard InChI is InChI=1S/C36H54NP3/c1-7-25-38(26-8-2)34-22-16-13-19-31(34)37(32-20-14-17-23-35(32)39(27-9-3)28-10-4)33-21-15-18-24-36(33)40(29-11-5)30-12-6/h13-24H,7-12,25-30H2,1-6H3. The first-order chi connectivity index (χ1) is 19.6. The largest absolute Gasteiger partial charge is 0.309 e. The van der Waals surface area contributed by atoms with Crippen LogP contribution in [0.3, 0.4) is 0 Å². The summed E-state index contributed by atoms with van der Waals surface area (Å²) in [6, 6.07) is 28.4. The average molecular weight is 594 g/mol. The van der Waals surface area contributed by atoms with Crippen molar-refractivity contribution in [3.8, 4) is 0 Å². The Kier molecular flexibility index (Phi) is 15.2. The molecule has 0 unspecified atom stereocenters. The molecule has 0 aliphatic rings. The van der Waals surface area contributed by atoms with Crippen molar-refractivity contribution in [3.05, 3.63) is 72.8 Å². The van der Waals surface area contributed by atoms with Crippen molar-refractivity contribution in [3.63, 3.8) is 0 Å². The number of anilines is 3. The second kappa shape index (κ2) is 18.3. The summed E-state index contributed by atoms with van der Waals surface area (Å²) < 4.78 is 0. The lowest BCUT2D eigenvalue weighted by Crippen LogP contribution is -2.27. The van der Waals surface area contributed by atoms with E-state index in [4.69, 9.17) is 0 Å². The van der Waals surface area contributed by atoms with E-state index in [1.165, 1.54) is 92.6 Å². The lowest BCUT2D eigenvalue weighted by Gasteiger charge is -2.35. The number of hydrogen-bond donors (Lipinski definition) is 0. The van der Waals surface area contributed by atoms with Gasteiger partial charge in [0, 0.05) is 0 Å². The number of para-hydroxylation sites is 3. The minimum atomic E-state index is -0.198. The van der Waals surface area contributed by atoms with E-state index in [0.717, 1.165) is 0 Å². The van der Waals surface area contributed by atoms with E-state index in [-0.39, 0.29) is 23.8 Å². The Balaban J connectivity index is 2.36. The van der Waals surface area contributed by atoms with Crippen molar-refractivity contribution in [2.45, 2.75) is 80.1 Å². The molecule has 3 aromatic carbocycles. The smallest absolute Gasteiger partial charge is 0.0538 e. The van der Waals surface area contributed by atoms with Gasteiger partial charge in [-0.25, -0.2) is 0 Å². The van der Waals surface area contributed by atoms with Crippen LogP contribution in [0.2, 0.25) is 0 Å². The van der Waals surface area contributed by atoms with Gasteiger partial charge >= 0.3 is 0 Å². The van der Waals surface area contributed by atoms with Gasteiger partial charge < -0.3 is 4.90 Å². The molecule has 0 fully saturated rings. The first kappa shape index (κ1) is 33.3. The second-order valence-electron chi connectivity index (χ2n) is 10.8. The third-order valence-electron chi connectivity index (χ3n) is 7.35. The molecule has 1 nitrogen and oxygen atoms in total. The molecular weight excluding hydrogens is 539 g/mol. The molecule has 0 spiro atoms. The fourth-order valence-corrected chi connectivity index (χ4v) is 13.6. The Morgan fingerprint density at radius 3 is 0.825 bits per heavy atom. The fourth-order valence-electron chi connectivity index (χ4n) is 5.83. The van der Waals surface area contributed by atoms with Crippen LogP contribution < -0.4 is 20.8 Å². The Hall–Kier alpha value is -1.25. The van der Waals surface area contributed by atoms with E-state index in [2.05, 4.69) is 119 Å². The third kappa shape index (κ3) is 8.64. The van der Waals surface area contributed by atoms with Crippen LogP contribution in [0.25, 0.3) is 0 Å². The van der Waals surface area contributed by atoms with Gasteiger partial charge in [0.2, 0.25) is 0 Å².